The van der Waals surface area contributed by atoms with E-state index in [1.807, 2.05) is 24.3 Å². The zero-order valence-corrected chi connectivity index (χ0v) is 18.6. The molecule has 0 aliphatic carbocycles. The van der Waals surface area contributed by atoms with E-state index in [0.717, 1.165) is 11.4 Å². The van der Waals surface area contributed by atoms with Gasteiger partial charge in [-0.2, -0.15) is 4.31 Å². The molecule has 1 N–H and O–H groups in total. The summed E-state index contributed by atoms with van der Waals surface area (Å²) in [6, 6.07) is 16.0. The van der Waals surface area contributed by atoms with Crippen LogP contribution >= 0.6 is 0 Å². The summed E-state index contributed by atoms with van der Waals surface area (Å²) < 4.78 is 43.5. The van der Waals surface area contributed by atoms with Gasteiger partial charge in [0.1, 0.15) is 16.4 Å². The van der Waals surface area contributed by atoms with Crippen molar-refractivity contribution in [2.75, 3.05) is 45.8 Å². The Morgan fingerprint density at radius 1 is 0.938 bits per heavy atom. The molecule has 32 heavy (non-hydrogen) atoms. The normalized spacial score (nSPS) is 14.7. The molecule has 0 radical (unpaired) electrons. The number of sulfonamides is 1. The van der Waals surface area contributed by atoms with Crippen molar-refractivity contribution in [2.24, 2.45) is 0 Å². The fourth-order valence-electron chi connectivity index (χ4n) is 3.34. The Morgan fingerprint density at radius 2 is 1.69 bits per heavy atom. The smallest absolute Gasteiger partial charge is 0.246 e. The summed E-state index contributed by atoms with van der Waals surface area (Å²) in [6.07, 6.45) is 0. The van der Waals surface area contributed by atoms with E-state index >= 15 is 0 Å². The molecular weight excluding hydrogens is 432 g/mol. The number of hydrogen-bond acceptors (Lipinski definition) is 8. The number of rotatable bonds is 7. The first kappa shape index (κ1) is 22.0. The van der Waals surface area contributed by atoms with Crippen molar-refractivity contribution in [3.05, 3.63) is 54.6 Å². The number of nitrogens with one attached hydrogen (secondary N) is 1. The van der Waals surface area contributed by atoms with Gasteiger partial charge in [0, 0.05) is 24.3 Å². The number of ether oxygens (including phenoxy) is 3. The van der Waals surface area contributed by atoms with Gasteiger partial charge in [-0.25, -0.2) is 8.42 Å². The molecule has 0 unspecified atom stereocenters. The summed E-state index contributed by atoms with van der Waals surface area (Å²) in [5.74, 6) is 1.61. The van der Waals surface area contributed by atoms with Gasteiger partial charge in [-0.1, -0.05) is 0 Å². The van der Waals surface area contributed by atoms with Gasteiger partial charge < -0.3 is 19.5 Å². The fourth-order valence-corrected chi connectivity index (χ4v) is 4.93. The number of hydrogen-bond donors (Lipinski definition) is 1. The molecule has 2 heterocycles. The van der Waals surface area contributed by atoms with Gasteiger partial charge in [0.15, 0.2) is 5.82 Å². The number of nitrogens with zero attached hydrogens (tertiary/aromatic N) is 3. The molecule has 1 aliphatic heterocycles. The molecule has 0 atom stereocenters. The van der Waals surface area contributed by atoms with Crippen LogP contribution in [0.25, 0.3) is 11.3 Å². The van der Waals surface area contributed by atoms with E-state index in [2.05, 4.69) is 15.5 Å². The van der Waals surface area contributed by atoms with Crippen molar-refractivity contribution in [1.82, 2.24) is 14.5 Å². The third kappa shape index (κ3) is 4.67. The van der Waals surface area contributed by atoms with Crippen molar-refractivity contribution in [2.45, 2.75) is 4.90 Å². The lowest BCUT2D eigenvalue weighted by Crippen LogP contribution is -2.40. The second kappa shape index (κ2) is 9.51. The molecule has 2 aromatic carbocycles. The maximum absolute atomic E-state index is 13.2. The van der Waals surface area contributed by atoms with E-state index in [1.165, 1.54) is 11.4 Å². The van der Waals surface area contributed by atoms with E-state index in [4.69, 9.17) is 14.2 Å². The molecule has 1 fully saturated rings. The lowest BCUT2D eigenvalue weighted by atomic mass is 10.1. The maximum Gasteiger partial charge on any atom is 0.246 e. The Balaban J connectivity index is 1.58. The van der Waals surface area contributed by atoms with Crippen molar-refractivity contribution >= 4 is 21.5 Å². The van der Waals surface area contributed by atoms with Gasteiger partial charge in [-0.3, -0.25) is 0 Å². The lowest BCUT2D eigenvalue weighted by Gasteiger charge is -2.26. The molecule has 1 aromatic heterocycles. The highest BCUT2D eigenvalue weighted by Crippen LogP contribution is 2.32. The Bertz CT molecular complexity index is 1160. The van der Waals surface area contributed by atoms with Gasteiger partial charge >= 0.3 is 0 Å². The zero-order valence-electron chi connectivity index (χ0n) is 17.8. The number of methoxy groups -OCH3 is 2. The molecule has 3 aromatic rings. The standard InChI is InChI=1S/C22H24N4O5S/c1-29-18-6-4-17(5-7-18)23-22-10-8-19(24-25-22)16-3-9-20(30-2)21(15-16)32(27,28)26-11-13-31-14-12-26/h3-10,15H,11-14H2,1-2H3,(H,23,25). The molecule has 1 saturated heterocycles. The summed E-state index contributed by atoms with van der Waals surface area (Å²) in [7, 11) is -0.667. The van der Waals surface area contributed by atoms with Crippen molar-refractivity contribution in [3.8, 4) is 22.8 Å². The van der Waals surface area contributed by atoms with Crippen LogP contribution in [0.1, 0.15) is 0 Å². The van der Waals surface area contributed by atoms with Gasteiger partial charge in [-0.05, 0) is 54.6 Å². The average molecular weight is 457 g/mol. The molecule has 1 aliphatic rings. The quantitative estimate of drug-likeness (QED) is 0.579. The highest BCUT2D eigenvalue weighted by atomic mass is 32.2. The molecule has 9 nitrogen and oxygen atoms in total. The summed E-state index contributed by atoms with van der Waals surface area (Å²) >= 11 is 0. The maximum atomic E-state index is 13.2. The predicted molar refractivity (Wildman–Crippen MR) is 120 cm³/mol. The van der Waals surface area contributed by atoms with Crippen molar-refractivity contribution in [1.29, 1.82) is 0 Å². The summed E-state index contributed by atoms with van der Waals surface area (Å²) in [5.41, 5.74) is 2.02. The van der Waals surface area contributed by atoms with E-state index in [9.17, 15) is 8.42 Å². The van der Waals surface area contributed by atoms with Crippen LogP contribution in [0.3, 0.4) is 0 Å². The first-order valence-electron chi connectivity index (χ1n) is 10.0. The molecule has 0 spiro atoms. The van der Waals surface area contributed by atoms with E-state index in [1.54, 1.807) is 37.4 Å². The number of morpholine rings is 1. The molecule has 4 rings (SSSR count). The monoisotopic (exact) mass is 456 g/mol. The van der Waals surface area contributed by atoms with Gasteiger partial charge in [0.2, 0.25) is 10.0 Å². The highest BCUT2D eigenvalue weighted by Gasteiger charge is 2.29. The second-order valence-electron chi connectivity index (χ2n) is 7.04. The topological polar surface area (TPSA) is 103 Å². The Labute approximate surface area is 187 Å². The minimum atomic E-state index is -3.73. The first-order chi connectivity index (χ1) is 15.5. The van der Waals surface area contributed by atoms with Crippen LogP contribution in [0.5, 0.6) is 11.5 Å². The predicted octanol–water partition coefficient (Wildman–Crippen LogP) is 2.93. The summed E-state index contributed by atoms with van der Waals surface area (Å²) in [4.78, 5) is 0.0987. The first-order valence-corrected chi connectivity index (χ1v) is 11.5. The van der Waals surface area contributed by atoms with Crippen LogP contribution in [0.15, 0.2) is 59.5 Å². The van der Waals surface area contributed by atoms with Crippen LogP contribution < -0.4 is 14.8 Å². The minimum absolute atomic E-state index is 0.0987. The minimum Gasteiger partial charge on any atom is -0.497 e. The van der Waals surface area contributed by atoms with Crippen LogP contribution in [0.2, 0.25) is 0 Å². The average Bonchev–Trinajstić information content (AvgIpc) is 2.85. The fraction of sp³-hybridized carbons (Fsp3) is 0.273. The largest absolute Gasteiger partial charge is 0.497 e. The number of aromatic nitrogens is 2. The van der Waals surface area contributed by atoms with Gasteiger partial charge in [-0.15, -0.1) is 10.2 Å². The zero-order chi connectivity index (χ0) is 22.6. The molecule has 0 bridgehead atoms. The molecular formula is C22H24N4O5S. The van der Waals surface area contributed by atoms with Crippen LogP contribution in [0.4, 0.5) is 11.5 Å². The van der Waals surface area contributed by atoms with Crippen LogP contribution in [-0.4, -0.2) is 63.4 Å². The van der Waals surface area contributed by atoms with Crippen molar-refractivity contribution in [3.63, 3.8) is 0 Å². The lowest BCUT2D eigenvalue weighted by molar-refractivity contribution is 0.0729. The number of benzene rings is 2. The van der Waals surface area contributed by atoms with E-state index in [-0.39, 0.29) is 10.6 Å². The molecule has 0 amide bonds. The number of anilines is 2. The van der Waals surface area contributed by atoms with E-state index in [0.29, 0.717) is 43.4 Å². The van der Waals surface area contributed by atoms with Gasteiger partial charge in [0.05, 0.1) is 33.1 Å². The van der Waals surface area contributed by atoms with Crippen molar-refractivity contribution < 1.29 is 22.6 Å². The third-order valence-corrected chi connectivity index (χ3v) is 6.99. The molecule has 0 saturated carbocycles. The van der Waals surface area contributed by atoms with Crippen LogP contribution in [-0.2, 0) is 14.8 Å². The Hall–Kier alpha value is -3.21. The second-order valence-corrected chi connectivity index (χ2v) is 8.95. The molecule has 168 valence electrons. The Morgan fingerprint density at radius 3 is 2.31 bits per heavy atom. The Kier molecular flexibility index (Phi) is 6.54. The van der Waals surface area contributed by atoms with Crippen LogP contribution in [0, 0.1) is 0 Å². The third-order valence-electron chi connectivity index (χ3n) is 5.07. The van der Waals surface area contributed by atoms with E-state index < -0.39 is 10.0 Å². The highest BCUT2D eigenvalue weighted by molar-refractivity contribution is 7.89. The SMILES string of the molecule is COc1ccc(Nc2ccc(-c3ccc(OC)c(S(=O)(=O)N4CCOCC4)c3)nn2)cc1. The van der Waals surface area contributed by atoms with Gasteiger partial charge in [0.25, 0.3) is 0 Å². The molecule has 10 heteroatoms. The summed E-state index contributed by atoms with van der Waals surface area (Å²) in [5, 5.41) is 11.6. The summed E-state index contributed by atoms with van der Waals surface area (Å²) in [6.45, 7) is 1.35.